The molecule has 2 rings (SSSR count). The van der Waals surface area contributed by atoms with E-state index < -0.39 is 0 Å². The zero-order valence-corrected chi connectivity index (χ0v) is 11.1. The van der Waals surface area contributed by atoms with Crippen LogP contribution >= 0.6 is 0 Å². The number of anilines is 1. The van der Waals surface area contributed by atoms with Crippen LogP contribution in [0.1, 0.15) is 32.3 Å². The molecule has 0 bridgehead atoms. The predicted octanol–water partition coefficient (Wildman–Crippen LogP) is 2.74. The first-order chi connectivity index (χ1) is 8.19. The maximum absolute atomic E-state index is 4.37. The average molecular weight is 233 g/mol. The largest absolute Gasteiger partial charge is 0.373 e. The van der Waals surface area contributed by atoms with Gasteiger partial charge in [0.2, 0.25) is 0 Å². The summed E-state index contributed by atoms with van der Waals surface area (Å²) in [6.45, 7) is 6.93. The molecule has 0 spiro atoms. The van der Waals surface area contributed by atoms with Crippen molar-refractivity contribution in [2.24, 2.45) is 5.92 Å². The molecule has 0 saturated carbocycles. The molecule has 1 fully saturated rings. The molecule has 1 saturated heterocycles. The Labute approximate surface area is 104 Å². The number of hydrogen-bond acceptors (Lipinski definition) is 3. The van der Waals surface area contributed by atoms with E-state index >= 15 is 0 Å². The van der Waals surface area contributed by atoms with Crippen LogP contribution in [0.25, 0.3) is 0 Å². The second kappa shape index (κ2) is 5.50. The number of nitrogens with one attached hydrogen (secondary N) is 1. The van der Waals surface area contributed by atoms with E-state index in [1.165, 1.54) is 24.9 Å². The monoisotopic (exact) mass is 233 g/mol. The fourth-order valence-corrected chi connectivity index (χ4v) is 2.50. The summed E-state index contributed by atoms with van der Waals surface area (Å²) in [4.78, 5) is 6.94. The van der Waals surface area contributed by atoms with Crippen molar-refractivity contribution in [2.75, 3.05) is 18.9 Å². The Bertz CT molecular complexity index is 347. The lowest BCUT2D eigenvalue weighted by molar-refractivity contribution is 0.117. The number of likely N-dealkylation sites (tertiary alicyclic amines) is 1. The van der Waals surface area contributed by atoms with Crippen molar-refractivity contribution in [1.82, 2.24) is 9.88 Å². The van der Waals surface area contributed by atoms with Gasteiger partial charge in [-0.2, -0.15) is 0 Å². The van der Waals surface area contributed by atoms with Crippen LogP contribution in [0.15, 0.2) is 18.3 Å². The number of piperidine rings is 1. The number of pyridine rings is 1. The van der Waals surface area contributed by atoms with E-state index in [2.05, 4.69) is 35.1 Å². The van der Waals surface area contributed by atoms with Crippen molar-refractivity contribution >= 4 is 5.82 Å². The standard InChI is InChI=1S/C14H23N3/c1-11-4-5-12(2)17(9-11)10-13-6-7-14(15-3)16-8-13/h6-8,11-12H,4-5,9-10H2,1-3H3,(H,15,16). The van der Waals surface area contributed by atoms with Crippen LogP contribution in [0.4, 0.5) is 5.82 Å². The molecule has 3 nitrogen and oxygen atoms in total. The van der Waals surface area contributed by atoms with E-state index in [9.17, 15) is 0 Å². The lowest BCUT2D eigenvalue weighted by atomic mass is 9.95. The van der Waals surface area contributed by atoms with E-state index in [0.29, 0.717) is 6.04 Å². The van der Waals surface area contributed by atoms with Gasteiger partial charge in [0.1, 0.15) is 5.82 Å². The maximum atomic E-state index is 4.37. The Morgan fingerprint density at radius 1 is 1.35 bits per heavy atom. The van der Waals surface area contributed by atoms with Crippen molar-refractivity contribution in [2.45, 2.75) is 39.3 Å². The van der Waals surface area contributed by atoms with Crippen LogP contribution in [0.2, 0.25) is 0 Å². The van der Waals surface area contributed by atoms with Gasteiger partial charge in [0.05, 0.1) is 0 Å². The molecule has 0 aliphatic carbocycles. The van der Waals surface area contributed by atoms with E-state index in [0.717, 1.165) is 18.3 Å². The van der Waals surface area contributed by atoms with Crippen LogP contribution in [-0.4, -0.2) is 29.5 Å². The predicted molar refractivity (Wildman–Crippen MR) is 72.1 cm³/mol. The topological polar surface area (TPSA) is 28.2 Å². The van der Waals surface area contributed by atoms with Gasteiger partial charge < -0.3 is 5.32 Å². The fourth-order valence-electron chi connectivity index (χ4n) is 2.50. The number of nitrogens with zero attached hydrogens (tertiary/aromatic N) is 2. The van der Waals surface area contributed by atoms with Gasteiger partial charge >= 0.3 is 0 Å². The van der Waals surface area contributed by atoms with Crippen LogP contribution in [0.5, 0.6) is 0 Å². The molecule has 1 aliphatic heterocycles. The normalized spacial score (nSPS) is 25.8. The second-order valence-electron chi connectivity index (χ2n) is 5.26. The van der Waals surface area contributed by atoms with Crippen LogP contribution in [0.3, 0.4) is 0 Å². The molecule has 3 heteroatoms. The number of aromatic nitrogens is 1. The summed E-state index contributed by atoms with van der Waals surface area (Å²) in [6.07, 6.45) is 4.68. The summed E-state index contributed by atoms with van der Waals surface area (Å²) in [6, 6.07) is 4.92. The Kier molecular flexibility index (Phi) is 4.00. The first-order valence-electron chi connectivity index (χ1n) is 6.55. The quantitative estimate of drug-likeness (QED) is 0.870. The van der Waals surface area contributed by atoms with E-state index in [-0.39, 0.29) is 0 Å². The lowest BCUT2D eigenvalue weighted by Crippen LogP contribution is -2.40. The first-order valence-corrected chi connectivity index (χ1v) is 6.55. The van der Waals surface area contributed by atoms with Gasteiger partial charge in [-0.15, -0.1) is 0 Å². The lowest BCUT2D eigenvalue weighted by Gasteiger charge is -2.36. The highest BCUT2D eigenvalue weighted by molar-refractivity contribution is 5.34. The maximum Gasteiger partial charge on any atom is 0.125 e. The van der Waals surface area contributed by atoms with E-state index in [1.807, 2.05) is 19.3 Å². The Morgan fingerprint density at radius 3 is 2.82 bits per heavy atom. The number of hydrogen-bond donors (Lipinski definition) is 1. The third-order valence-electron chi connectivity index (χ3n) is 3.71. The van der Waals surface area contributed by atoms with Crippen LogP contribution in [0, 0.1) is 5.92 Å². The third-order valence-corrected chi connectivity index (χ3v) is 3.71. The molecular weight excluding hydrogens is 210 g/mol. The van der Waals surface area contributed by atoms with Gasteiger partial charge in [-0.25, -0.2) is 4.98 Å². The summed E-state index contributed by atoms with van der Waals surface area (Å²) in [5.41, 5.74) is 1.31. The number of rotatable bonds is 3. The molecule has 0 radical (unpaired) electrons. The molecule has 94 valence electrons. The highest BCUT2D eigenvalue weighted by Gasteiger charge is 2.22. The SMILES string of the molecule is CNc1ccc(CN2CC(C)CCC2C)cn1. The molecule has 17 heavy (non-hydrogen) atoms. The molecule has 2 atom stereocenters. The minimum atomic E-state index is 0.704. The highest BCUT2D eigenvalue weighted by Crippen LogP contribution is 2.23. The summed E-state index contributed by atoms with van der Waals surface area (Å²) in [7, 11) is 1.90. The van der Waals surface area contributed by atoms with Crippen LogP contribution in [-0.2, 0) is 6.54 Å². The molecule has 1 aromatic rings. The molecular formula is C14H23N3. The zero-order valence-electron chi connectivity index (χ0n) is 11.1. The summed E-state index contributed by atoms with van der Waals surface area (Å²) < 4.78 is 0. The highest BCUT2D eigenvalue weighted by atomic mass is 15.2. The smallest absolute Gasteiger partial charge is 0.125 e. The molecule has 1 aliphatic rings. The molecule has 1 N–H and O–H groups in total. The van der Waals surface area contributed by atoms with Gasteiger partial charge in [-0.05, 0) is 37.3 Å². The molecule has 2 unspecified atom stereocenters. The van der Waals surface area contributed by atoms with Crippen molar-refractivity contribution in [3.63, 3.8) is 0 Å². The Balaban J connectivity index is 1.98. The van der Waals surface area contributed by atoms with E-state index in [4.69, 9.17) is 0 Å². The van der Waals surface area contributed by atoms with Crippen molar-refractivity contribution < 1.29 is 0 Å². The van der Waals surface area contributed by atoms with Crippen molar-refractivity contribution in [3.05, 3.63) is 23.9 Å². The zero-order chi connectivity index (χ0) is 12.3. The van der Waals surface area contributed by atoms with Gasteiger partial charge in [0.15, 0.2) is 0 Å². The fraction of sp³-hybridized carbons (Fsp3) is 0.643. The van der Waals surface area contributed by atoms with Crippen LogP contribution < -0.4 is 5.32 Å². The minimum Gasteiger partial charge on any atom is -0.373 e. The first kappa shape index (κ1) is 12.4. The Hall–Kier alpha value is -1.09. The Morgan fingerprint density at radius 2 is 2.18 bits per heavy atom. The summed E-state index contributed by atoms with van der Waals surface area (Å²) >= 11 is 0. The van der Waals surface area contributed by atoms with Gasteiger partial charge in [-0.3, -0.25) is 4.90 Å². The third kappa shape index (κ3) is 3.19. The van der Waals surface area contributed by atoms with Gasteiger partial charge in [0.25, 0.3) is 0 Å². The molecule has 1 aromatic heterocycles. The van der Waals surface area contributed by atoms with E-state index in [1.54, 1.807) is 0 Å². The minimum absolute atomic E-state index is 0.704. The van der Waals surface area contributed by atoms with Crippen molar-refractivity contribution in [1.29, 1.82) is 0 Å². The van der Waals surface area contributed by atoms with Crippen molar-refractivity contribution in [3.8, 4) is 0 Å². The second-order valence-corrected chi connectivity index (χ2v) is 5.26. The average Bonchev–Trinajstić information content (AvgIpc) is 2.35. The summed E-state index contributed by atoms with van der Waals surface area (Å²) in [5, 5.41) is 3.05. The summed E-state index contributed by atoms with van der Waals surface area (Å²) in [5.74, 6) is 1.77. The molecule has 2 heterocycles. The van der Waals surface area contributed by atoms with Gasteiger partial charge in [0, 0.05) is 32.4 Å². The molecule has 0 amide bonds. The molecule has 0 aromatic carbocycles. The van der Waals surface area contributed by atoms with Gasteiger partial charge in [-0.1, -0.05) is 13.0 Å².